The fraction of sp³-hybridized carbons (Fsp3) is 0.583. The molecule has 2 N–H and O–H groups in total. The van der Waals surface area contributed by atoms with E-state index in [0.29, 0.717) is 29.2 Å². The fourth-order valence-corrected chi connectivity index (χ4v) is 2.95. The van der Waals surface area contributed by atoms with Crippen molar-refractivity contribution in [2.75, 3.05) is 26.2 Å². The van der Waals surface area contributed by atoms with E-state index in [1.807, 2.05) is 5.38 Å². The summed E-state index contributed by atoms with van der Waals surface area (Å²) in [6.45, 7) is 3.11. The first-order valence-corrected chi connectivity index (χ1v) is 7.36. The Morgan fingerprint density at radius 2 is 2.33 bits per heavy atom. The highest BCUT2D eigenvalue weighted by Gasteiger charge is 2.14. The SMILES string of the molecule is O=C(NCCOC1CCNCC1)c1sccc1Cl. The minimum Gasteiger partial charge on any atom is -0.376 e. The highest BCUT2D eigenvalue weighted by molar-refractivity contribution is 7.12. The molecule has 0 spiro atoms. The van der Waals surface area contributed by atoms with E-state index >= 15 is 0 Å². The molecule has 0 aliphatic carbocycles. The van der Waals surface area contributed by atoms with E-state index in [0.717, 1.165) is 25.9 Å². The topological polar surface area (TPSA) is 50.4 Å². The Labute approximate surface area is 116 Å². The summed E-state index contributed by atoms with van der Waals surface area (Å²) < 4.78 is 5.70. The Hall–Kier alpha value is -0.620. The molecule has 4 nitrogen and oxygen atoms in total. The second-order valence-electron chi connectivity index (χ2n) is 4.17. The van der Waals surface area contributed by atoms with Gasteiger partial charge in [-0.05, 0) is 37.4 Å². The fourth-order valence-electron chi connectivity index (χ4n) is 1.89. The van der Waals surface area contributed by atoms with Gasteiger partial charge in [0.25, 0.3) is 5.91 Å². The van der Waals surface area contributed by atoms with Crippen molar-refractivity contribution < 1.29 is 9.53 Å². The molecular weight excluding hydrogens is 272 g/mol. The maximum absolute atomic E-state index is 11.7. The van der Waals surface area contributed by atoms with E-state index in [1.54, 1.807) is 6.07 Å². The number of piperidine rings is 1. The van der Waals surface area contributed by atoms with Crippen LogP contribution in [0.15, 0.2) is 11.4 Å². The zero-order valence-electron chi connectivity index (χ0n) is 10.1. The predicted octanol–water partition coefficient (Wildman–Crippen LogP) is 1.90. The highest BCUT2D eigenvalue weighted by atomic mass is 35.5. The van der Waals surface area contributed by atoms with Crippen LogP contribution in [0.5, 0.6) is 0 Å². The van der Waals surface area contributed by atoms with Crippen LogP contribution < -0.4 is 10.6 Å². The van der Waals surface area contributed by atoms with Gasteiger partial charge in [0.1, 0.15) is 4.88 Å². The van der Waals surface area contributed by atoms with E-state index in [2.05, 4.69) is 10.6 Å². The Morgan fingerprint density at radius 3 is 3.00 bits per heavy atom. The highest BCUT2D eigenvalue weighted by Crippen LogP contribution is 2.21. The van der Waals surface area contributed by atoms with E-state index in [4.69, 9.17) is 16.3 Å². The minimum atomic E-state index is -0.121. The van der Waals surface area contributed by atoms with E-state index in [9.17, 15) is 4.79 Å². The van der Waals surface area contributed by atoms with Crippen LogP contribution in [0.2, 0.25) is 5.02 Å². The van der Waals surface area contributed by atoms with E-state index < -0.39 is 0 Å². The molecule has 2 rings (SSSR count). The molecule has 1 aromatic rings. The number of nitrogens with one attached hydrogen (secondary N) is 2. The molecule has 0 aromatic carbocycles. The summed E-state index contributed by atoms with van der Waals surface area (Å²) in [5.74, 6) is -0.121. The lowest BCUT2D eigenvalue weighted by molar-refractivity contribution is 0.0343. The minimum absolute atomic E-state index is 0.121. The van der Waals surface area contributed by atoms with Crippen molar-refractivity contribution in [3.05, 3.63) is 21.3 Å². The Balaban J connectivity index is 1.63. The molecule has 1 aliphatic heterocycles. The third-order valence-electron chi connectivity index (χ3n) is 2.85. The number of ether oxygens (including phenoxy) is 1. The Morgan fingerprint density at radius 1 is 1.56 bits per heavy atom. The molecule has 2 heterocycles. The molecule has 0 atom stereocenters. The summed E-state index contributed by atoms with van der Waals surface area (Å²) >= 11 is 7.23. The molecule has 1 amide bonds. The molecule has 0 radical (unpaired) electrons. The largest absolute Gasteiger partial charge is 0.376 e. The average Bonchev–Trinajstić information content (AvgIpc) is 2.82. The van der Waals surface area contributed by atoms with Crippen molar-refractivity contribution in [1.82, 2.24) is 10.6 Å². The van der Waals surface area contributed by atoms with Crippen molar-refractivity contribution in [2.24, 2.45) is 0 Å². The van der Waals surface area contributed by atoms with Gasteiger partial charge in [-0.3, -0.25) is 4.79 Å². The second-order valence-corrected chi connectivity index (χ2v) is 5.50. The van der Waals surface area contributed by atoms with Crippen LogP contribution >= 0.6 is 22.9 Å². The number of rotatable bonds is 5. The summed E-state index contributed by atoms with van der Waals surface area (Å²) in [6.07, 6.45) is 2.42. The second kappa shape index (κ2) is 7.09. The first-order valence-electron chi connectivity index (χ1n) is 6.11. The maximum atomic E-state index is 11.7. The summed E-state index contributed by atoms with van der Waals surface area (Å²) in [6, 6.07) is 1.73. The molecule has 1 saturated heterocycles. The number of thiophene rings is 1. The molecule has 1 fully saturated rings. The van der Waals surface area contributed by atoms with E-state index in [-0.39, 0.29) is 5.91 Å². The summed E-state index contributed by atoms with van der Waals surface area (Å²) in [7, 11) is 0. The Kier molecular flexibility index (Phi) is 5.44. The molecule has 0 saturated carbocycles. The summed E-state index contributed by atoms with van der Waals surface area (Å²) in [4.78, 5) is 12.3. The molecule has 0 bridgehead atoms. The van der Waals surface area contributed by atoms with Gasteiger partial charge in [0.05, 0.1) is 17.7 Å². The molecular formula is C12H17ClN2O2S. The number of halogens is 1. The van der Waals surface area contributed by atoms with Crippen molar-refractivity contribution in [1.29, 1.82) is 0 Å². The first-order chi connectivity index (χ1) is 8.77. The van der Waals surface area contributed by atoms with Gasteiger partial charge >= 0.3 is 0 Å². The molecule has 18 heavy (non-hydrogen) atoms. The molecule has 1 aliphatic rings. The van der Waals surface area contributed by atoms with Crippen LogP contribution in [0.3, 0.4) is 0 Å². The molecule has 0 unspecified atom stereocenters. The average molecular weight is 289 g/mol. The predicted molar refractivity (Wildman–Crippen MR) is 73.5 cm³/mol. The normalized spacial score (nSPS) is 16.7. The number of carbonyl (C=O) groups is 1. The lowest BCUT2D eigenvalue weighted by Crippen LogP contribution is -2.34. The van der Waals surface area contributed by atoms with Gasteiger partial charge in [-0.1, -0.05) is 11.6 Å². The molecule has 100 valence electrons. The zero-order valence-corrected chi connectivity index (χ0v) is 11.6. The summed E-state index contributed by atoms with van der Waals surface area (Å²) in [5.41, 5.74) is 0. The van der Waals surface area contributed by atoms with Crippen LogP contribution in [0.25, 0.3) is 0 Å². The van der Waals surface area contributed by atoms with Gasteiger partial charge in [0.2, 0.25) is 0 Å². The van der Waals surface area contributed by atoms with Gasteiger partial charge in [-0.15, -0.1) is 11.3 Å². The zero-order chi connectivity index (χ0) is 12.8. The number of carbonyl (C=O) groups excluding carboxylic acids is 1. The first kappa shape index (κ1) is 13.8. The van der Waals surface area contributed by atoms with Crippen molar-refractivity contribution in [3.8, 4) is 0 Å². The monoisotopic (exact) mass is 288 g/mol. The van der Waals surface area contributed by atoms with Crippen molar-refractivity contribution in [2.45, 2.75) is 18.9 Å². The third-order valence-corrected chi connectivity index (χ3v) is 4.19. The van der Waals surface area contributed by atoms with Gasteiger partial charge < -0.3 is 15.4 Å². The smallest absolute Gasteiger partial charge is 0.262 e. The van der Waals surface area contributed by atoms with Gasteiger partial charge in [0.15, 0.2) is 0 Å². The standard InChI is InChI=1S/C12H17ClN2O2S/c13-10-3-8-18-11(10)12(16)15-6-7-17-9-1-4-14-5-2-9/h3,8-9,14H,1-2,4-7H2,(H,15,16). The maximum Gasteiger partial charge on any atom is 0.262 e. The van der Waals surface area contributed by atoms with Gasteiger partial charge in [-0.2, -0.15) is 0 Å². The van der Waals surface area contributed by atoms with Crippen molar-refractivity contribution in [3.63, 3.8) is 0 Å². The lowest BCUT2D eigenvalue weighted by Gasteiger charge is -2.22. The Bertz CT molecular complexity index is 391. The van der Waals surface area contributed by atoms with Crippen LogP contribution in [-0.2, 0) is 4.74 Å². The number of hydrogen-bond donors (Lipinski definition) is 2. The van der Waals surface area contributed by atoms with Crippen LogP contribution in [0.4, 0.5) is 0 Å². The van der Waals surface area contributed by atoms with Crippen LogP contribution in [-0.4, -0.2) is 38.3 Å². The third kappa shape index (κ3) is 3.95. The van der Waals surface area contributed by atoms with E-state index in [1.165, 1.54) is 11.3 Å². The van der Waals surface area contributed by atoms with Gasteiger partial charge in [0, 0.05) is 6.54 Å². The van der Waals surface area contributed by atoms with Gasteiger partial charge in [-0.25, -0.2) is 0 Å². The van der Waals surface area contributed by atoms with Crippen LogP contribution in [0, 0.1) is 0 Å². The summed E-state index contributed by atoms with van der Waals surface area (Å²) in [5, 5.41) is 8.42. The lowest BCUT2D eigenvalue weighted by atomic mass is 10.1. The number of hydrogen-bond acceptors (Lipinski definition) is 4. The quantitative estimate of drug-likeness (QED) is 0.814. The molecule has 1 aromatic heterocycles. The van der Waals surface area contributed by atoms with Crippen molar-refractivity contribution >= 4 is 28.8 Å². The number of amides is 1. The molecule has 6 heteroatoms. The van der Waals surface area contributed by atoms with Crippen LogP contribution in [0.1, 0.15) is 22.5 Å².